The summed E-state index contributed by atoms with van der Waals surface area (Å²) in [4.78, 5) is 0. The molecule has 7 nitrogen and oxygen atoms in total. The van der Waals surface area contributed by atoms with Gasteiger partial charge in [-0.05, 0) is 79.5 Å². The Kier molecular flexibility index (Phi) is 23.1. The number of hydrogen-bond donors (Lipinski definition) is 4. The maximum absolute atomic E-state index is 15.3. The summed E-state index contributed by atoms with van der Waals surface area (Å²) in [6, 6.07) is 12.1. The van der Waals surface area contributed by atoms with Gasteiger partial charge in [0.2, 0.25) is 0 Å². The molecule has 324 valence electrons. The number of ether oxygens (including phenoxy) is 3. The third-order valence-corrected chi connectivity index (χ3v) is 12.9. The third-order valence-electron chi connectivity index (χ3n) is 12.9. The van der Waals surface area contributed by atoms with E-state index in [4.69, 9.17) is 14.2 Å². The fourth-order valence-corrected chi connectivity index (χ4v) is 9.32. The fraction of sp³-hybridized carbons (Fsp3) is 0.755. The molecule has 57 heavy (non-hydrogen) atoms. The average molecular weight is 799 g/mol. The zero-order valence-electron chi connectivity index (χ0n) is 35.5. The van der Waals surface area contributed by atoms with E-state index >= 15 is 4.39 Å². The largest absolute Gasteiger partial charge is 0.494 e. The quantitative estimate of drug-likeness (QED) is 0.230. The molecule has 1 aliphatic carbocycles. The number of aliphatic hydroxyl groups is 4. The van der Waals surface area contributed by atoms with Crippen molar-refractivity contribution >= 4 is 0 Å². The summed E-state index contributed by atoms with van der Waals surface area (Å²) in [6.07, 6.45) is 24.8. The number of hydrogen-bond acceptors (Lipinski definition) is 7. The van der Waals surface area contributed by atoms with Crippen LogP contribution in [0, 0.1) is 17.2 Å². The molecule has 1 saturated heterocycles. The van der Waals surface area contributed by atoms with Crippen molar-refractivity contribution in [2.75, 3.05) is 26.6 Å². The molecule has 2 bridgehead atoms. The van der Waals surface area contributed by atoms with Gasteiger partial charge in [-0.1, -0.05) is 153 Å². The maximum Gasteiger partial charge on any atom is 0.147 e. The van der Waals surface area contributed by atoms with Gasteiger partial charge < -0.3 is 34.6 Å². The van der Waals surface area contributed by atoms with Gasteiger partial charge in [0.05, 0.1) is 19.3 Å². The van der Waals surface area contributed by atoms with Gasteiger partial charge in [0, 0.05) is 18.4 Å². The molecular weight excluding hydrogens is 720 g/mol. The van der Waals surface area contributed by atoms with Crippen molar-refractivity contribution in [3.63, 3.8) is 0 Å². The van der Waals surface area contributed by atoms with Crippen molar-refractivity contribution in [1.29, 1.82) is 0 Å². The van der Waals surface area contributed by atoms with Gasteiger partial charge in [-0.15, -0.1) is 0 Å². The smallest absolute Gasteiger partial charge is 0.147 e. The monoisotopic (exact) mass is 799 g/mol. The minimum atomic E-state index is -1.60. The number of benzene rings is 2. The van der Waals surface area contributed by atoms with Crippen molar-refractivity contribution in [2.24, 2.45) is 11.3 Å². The van der Waals surface area contributed by atoms with E-state index in [2.05, 4.69) is 0 Å². The normalized spacial score (nSPS) is 28.7. The molecule has 4 rings (SSSR count). The van der Waals surface area contributed by atoms with Crippen LogP contribution in [0.25, 0.3) is 0 Å². The molecule has 1 saturated carbocycles. The SMILES string of the molecule is CCOc1ccc(Cc2cc([C@@H]3OCOCCCCCCCCCCCCCCCCCCCCCCCC4CC[C@@](CO)(C4)[C@H](O)[C@H](O)[C@H]3O)ccc2F)cc1. The van der Waals surface area contributed by atoms with E-state index in [0.29, 0.717) is 49.5 Å². The second-order valence-electron chi connectivity index (χ2n) is 17.5. The second-order valence-corrected chi connectivity index (χ2v) is 17.5. The van der Waals surface area contributed by atoms with Crippen LogP contribution in [0.2, 0.25) is 0 Å². The molecule has 4 N–H and O–H groups in total. The van der Waals surface area contributed by atoms with Crippen molar-refractivity contribution in [3.05, 3.63) is 65.0 Å². The minimum Gasteiger partial charge on any atom is -0.494 e. The molecule has 1 unspecified atom stereocenters. The highest BCUT2D eigenvalue weighted by atomic mass is 19.1. The van der Waals surface area contributed by atoms with Crippen LogP contribution < -0.4 is 4.74 Å². The van der Waals surface area contributed by atoms with Crippen LogP contribution in [-0.4, -0.2) is 65.4 Å². The Hall–Kier alpha value is -2.07. The molecule has 8 heteroatoms. The molecule has 2 aromatic rings. The van der Waals surface area contributed by atoms with Crippen molar-refractivity contribution in [3.8, 4) is 5.75 Å². The van der Waals surface area contributed by atoms with Crippen LogP contribution in [0.1, 0.15) is 190 Å². The third kappa shape index (κ3) is 16.8. The Labute approximate surface area is 345 Å². The molecular formula is C49H79FO7. The van der Waals surface area contributed by atoms with Crippen molar-refractivity contribution in [2.45, 2.75) is 198 Å². The first kappa shape index (κ1) is 47.6. The van der Waals surface area contributed by atoms with Gasteiger partial charge >= 0.3 is 0 Å². The van der Waals surface area contributed by atoms with Crippen LogP contribution >= 0.6 is 0 Å². The van der Waals surface area contributed by atoms with Gasteiger partial charge in [-0.3, -0.25) is 0 Å². The molecule has 0 radical (unpaired) electrons. The Morgan fingerprint density at radius 1 is 0.684 bits per heavy atom. The second kappa shape index (κ2) is 27.6. The Morgan fingerprint density at radius 2 is 1.23 bits per heavy atom. The van der Waals surface area contributed by atoms with E-state index in [1.165, 1.54) is 122 Å². The molecule has 2 aliphatic rings. The van der Waals surface area contributed by atoms with Crippen LogP contribution in [-0.2, 0) is 15.9 Å². The average Bonchev–Trinajstić information content (AvgIpc) is 3.65. The topological polar surface area (TPSA) is 109 Å². The molecule has 1 heterocycles. The van der Waals surface area contributed by atoms with Gasteiger partial charge in [0.25, 0.3) is 0 Å². The molecule has 0 amide bonds. The summed E-state index contributed by atoms with van der Waals surface area (Å²) in [5.41, 5.74) is 0.886. The Balaban J connectivity index is 1.41. The standard InChI is InChI=1S/C49H79FO7/c1-2-56-43-28-25-39(26-29-43)34-42-35-41(27-30-44(42)50)47-45(52)46(53)48(54)49(37-51)32-31-40(36-49)24-22-20-18-16-14-12-10-8-6-4-3-5-7-9-11-13-15-17-19-21-23-33-55-38-57-47/h25-30,35,40,45-48,51-54H,2-24,31-34,36-38H2,1H3/t40?,45-,46-,47+,48-,49+/m1/s1. The Bertz CT molecular complexity index is 1320. The lowest BCUT2D eigenvalue weighted by molar-refractivity contribution is -0.182. The first-order valence-electron chi connectivity index (χ1n) is 23.2. The van der Waals surface area contributed by atoms with E-state index in [1.807, 2.05) is 31.2 Å². The molecule has 1 aliphatic heterocycles. The van der Waals surface area contributed by atoms with Crippen molar-refractivity contribution < 1.29 is 39.0 Å². The maximum atomic E-state index is 15.3. The minimum absolute atomic E-state index is 0.122. The molecule has 0 spiro atoms. The number of aliphatic hydroxyl groups excluding tert-OH is 4. The zero-order valence-corrected chi connectivity index (χ0v) is 35.5. The first-order chi connectivity index (χ1) is 27.9. The summed E-state index contributed by atoms with van der Waals surface area (Å²) in [5.74, 6) is 0.721. The highest BCUT2D eigenvalue weighted by Gasteiger charge is 2.49. The number of fused-ring (bicyclic) bond motifs is 2. The lowest BCUT2D eigenvalue weighted by Crippen LogP contribution is -2.51. The predicted molar refractivity (Wildman–Crippen MR) is 228 cm³/mol. The summed E-state index contributed by atoms with van der Waals surface area (Å²) < 4.78 is 32.9. The Morgan fingerprint density at radius 3 is 1.77 bits per heavy atom. The van der Waals surface area contributed by atoms with Crippen LogP contribution in [0.4, 0.5) is 4.39 Å². The van der Waals surface area contributed by atoms with E-state index in [-0.39, 0.29) is 19.2 Å². The van der Waals surface area contributed by atoms with Gasteiger partial charge in [0.15, 0.2) is 0 Å². The van der Waals surface area contributed by atoms with Crippen LogP contribution in [0.15, 0.2) is 42.5 Å². The highest BCUT2D eigenvalue weighted by Crippen LogP contribution is 2.47. The lowest BCUT2D eigenvalue weighted by atomic mass is 9.75. The lowest BCUT2D eigenvalue weighted by Gasteiger charge is -2.39. The molecule has 6 atom stereocenters. The van der Waals surface area contributed by atoms with Crippen molar-refractivity contribution in [1.82, 2.24) is 0 Å². The van der Waals surface area contributed by atoms with E-state index < -0.39 is 29.8 Å². The first-order valence-corrected chi connectivity index (χ1v) is 23.2. The number of rotatable bonds is 6. The molecule has 2 fully saturated rings. The summed E-state index contributed by atoms with van der Waals surface area (Å²) >= 11 is 0. The van der Waals surface area contributed by atoms with Crippen LogP contribution in [0.5, 0.6) is 5.75 Å². The molecule has 0 aromatic heterocycles. The van der Waals surface area contributed by atoms with Crippen LogP contribution in [0.3, 0.4) is 0 Å². The summed E-state index contributed by atoms with van der Waals surface area (Å²) in [5, 5.41) is 45.8. The van der Waals surface area contributed by atoms with Gasteiger partial charge in [-0.25, -0.2) is 4.39 Å². The molecule has 2 aromatic carbocycles. The van der Waals surface area contributed by atoms with E-state index in [1.54, 1.807) is 12.1 Å². The van der Waals surface area contributed by atoms with Gasteiger partial charge in [0.1, 0.15) is 36.7 Å². The fourth-order valence-electron chi connectivity index (χ4n) is 9.32. The number of halogens is 1. The predicted octanol–water partition coefficient (Wildman–Crippen LogP) is 11.3. The van der Waals surface area contributed by atoms with E-state index in [0.717, 1.165) is 43.4 Å². The van der Waals surface area contributed by atoms with E-state index in [9.17, 15) is 20.4 Å². The summed E-state index contributed by atoms with van der Waals surface area (Å²) in [6.45, 7) is 2.60. The highest BCUT2D eigenvalue weighted by molar-refractivity contribution is 5.35. The van der Waals surface area contributed by atoms with Gasteiger partial charge in [-0.2, -0.15) is 0 Å². The zero-order chi connectivity index (χ0) is 40.6. The summed E-state index contributed by atoms with van der Waals surface area (Å²) in [7, 11) is 0.